The lowest BCUT2D eigenvalue weighted by molar-refractivity contribution is 0.476. The summed E-state index contributed by atoms with van der Waals surface area (Å²) >= 11 is 0. The monoisotopic (exact) mass is 261 g/mol. The minimum Gasteiger partial charge on any atom is -0.328 e. The molecule has 0 bridgehead atoms. The van der Waals surface area contributed by atoms with E-state index in [9.17, 15) is 0 Å². The molecule has 1 fully saturated rings. The van der Waals surface area contributed by atoms with Crippen LogP contribution in [-0.4, -0.2) is 16.1 Å². The van der Waals surface area contributed by atoms with Gasteiger partial charge in [0.1, 0.15) is 5.82 Å². The summed E-state index contributed by atoms with van der Waals surface area (Å²) in [5.74, 6) is 2.21. The predicted molar refractivity (Wildman–Crippen MR) is 78.4 cm³/mol. The summed E-state index contributed by atoms with van der Waals surface area (Å²) in [6.45, 7) is 11.2. The van der Waals surface area contributed by atoms with E-state index in [-0.39, 0.29) is 5.41 Å². The molecule has 3 nitrogen and oxygen atoms in total. The molecule has 1 aromatic rings. The summed E-state index contributed by atoms with van der Waals surface area (Å²) in [5.41, 5.74) is 2.97. The third-order valence-electron chi connectivity index (χ3n) is 4.47. The molecule has 0 spiro atoms. The van der Waals surface area contributed by atoms with Crippen molar-refractivity contribution in [2.24, 2.45) is 5.92 Å². The Morgan fingerprint density at radius 2 is 2.16 bits per heavy atom. The Kier molecular flexibility index (Phi) is 3.20. The average molecular weight is 261 g/mol. The second kappa shape index (κ2) is 4.62. The lowest BCUT2D eigenvalue weighted by Crippen LogP contribution is -2.25. The highest BCUT2D eigenvalue weighted by atomic mass is 15.2. The van der Waals surface area contributed by atoms with Gasteiger partial charge in [0.25, 0.3) is 0 Å². The van der Waals surface area contributed by atoms with E-state index < -0.39 is 0 Å². The zero-order chi connectivity index (χ0) is 13.6. The SMILES string of the molecule is CCCC1CC1n1c(C(C)(C)C)nc2c1CCNC2. The summed E-state index contributed by atoms with van der Waals surface area (Å²) < 4.78 is 2.62. The molecule has 2 aliphatic rings. The third-order valence-corrected chi connectivity index (χ3v) is 4.47. The summed E-state index contributed by atoms with van der Waals surface area (Å²) in [7, 11) is 0. The molecule has 2 atom stereocenters. The number of fused-ring (bicyclic) bond motifs is 1. The van der Waals surface area contributed by atoms with Crippen LogP contribution in [-0.2, 0) is 18.4 Å². The molecule has 0 radical (unpaired) electrons. The largest absolute Gasteiger partial charge is 0.328 e. The highest BCUT2D eigenvalue weighted by Crippen LogP contribution is 2.49. The van der Waals surface area contributed by atoms with Crippen molar-refractivity contribution >= 4 is 0 Å². The first-order chi connectivity index (χ1) is 9.02. The second-order valence-electron chi connectivity index (χ2n) is 7.23. The molecular formula is C16H27N3. The Balaban J connectivity index is 1.98. The van der Waals surface area contributed by atoms with Crippen molar-refractivity contribution in [3.05, 3.63) is 17.2 Å². The Morgan fingerprint density at radius 3 is 2.84 bits per heavy atom. The van der Waals surface area contributed by atoms with Gasteiger partial charge in [-0.2, -0.15) is 0 Å². The van der Waals surface area contributed by atoms with Crippen molar-refractivity contribution < 1.29 is 0 Å². The van der Waals surface area contributed by atoms with Crippen molar-refractivity contribution in [3.8, 4) is 0 Å². The molecule has 3 heteroatoms. The second-order valence-corrected chi connectivity index (χ2v) is 7.23. The van der Waals surface area contributed by atoms with Gasteiger partial charge in [-0.05, 0) is 18.8 Å². The van der Waals surface area contributed by atoms with Gasteiger partial charge in [0.2, 0.25) is 0 Å². The van der Waals surface area contributed by atoms with Gasteiger partial charge in [0.05, 0.1) is 5.69 Å². The minimum atomic E-state index is 0.149. The maximum Gasteiger partial charge on any atom is 0.114 e. The van der Waals surface area contributed by atoms with E-state index in [0.29, 0.717) is 0 Å². The van der Waals surface area contributed by atoms with Crippen molar-refractivity contribution in [1.82, 2.24) is 14.9 Å². The standard InChI is InChI=1S/C16H27N3/c1-5-6-11-9-14(11)19-13-7-8-17-10-12(13)18-15(19)16(2,3)4/h11,14,17H,5-10H2,1-4H3. The Morgan fingerprint density at radius 1 is 1.37 bits per heavy atom. The van der Waals surface area contributed by atoms with Crippen molar-refractivity contribution in [2.45, 2.75) is 71.4 Å². The van der Waals surface area contributed by atoms with Gasteiger partial charge in [-0.15, -0.1) is 0 Å². The van der Waals surface area contributed by atoms with Gasteiger partial charge in [-0.1, -0.05) is 34.1 Å². The number of hydrogen-bond donors (Lipinski definition) is 1. The van der Waals surface area contributed by atoms with Crippen LogP contribution in [0.5, 0.6) is 0 Å². The highest BCUT2D eigenvalue weighted by Gasteiger charge is 2.42. The van der Waals surface area contributed by atoms with E-state index in [0.717, 1.165) is 31.5 Å². The number of nitrogens with one attached hydrogen (secondary N) is 1. The maximum absolute atomic E-state index is 4.98. The third kappa shape index (κ3) is 2.33. The fraction of sp³-hybridized carbons (Fsp3) is 0.812. The van der Waals surface area contributed by atoms with Crippen LogP contribution in [0.1, 0.15) is 70.2 Å². The molecule has 1 aliphatic heterocycles. The lowest BCUT2D eigenvalue weighted by atomic mass is 9.95. The molecule has 0 aromatic carbocycles. The zero-order valence-corrected chi connectivity index (χ0v) is 12.8. The molecule has 0 amide bonds. The molecule has 19 heavy (non-hydrogen) atoms. The first-order valence-electron chi connectivity index (χ1n) is 7.83. The first-order valence-corrected chi connectivity index (χ1v) is 7.83. The minimum absolute atomic E-state index is 0.149. The molecular weight excluding hydrogens is 234 g/mol. The molecule has 1 saturated carbocycles. The fourth-order valence-corrected chi connectivity index (χ4v) is 3.45. The van der Waals surface area contributed by atoms with Gasteiger partial charge in [0, 0.05) is 36.7 Å². The average Bonchev–Trinajstić information content (AvgIpc) is 2.99. The molecule has 3 rings (SSSR count). The topological polar surface area (TPSA) is 29.9 Å². The van der Waals surface area contributed by atoms with E-state index in [1.807, 2.05) is 0 Å². The highest BCUT2D eigenvalue weighted by molar-refractivity contribution is 5.26. The molecule has 0 saturated heterocycles. The Hall–Kier alpha value is -0.830. The molecule has 106 valence electrons. The van der Waals surface area contributed by atoms with E-state index >= 15 is 0 Å². The van der Waals surface area contributed by atoms with Crippen LogP contribution >= 0.6 is 0 Å². The molecule has 2 unspecified atom stereocenters. The molecule has 2 heterocycles. The summed E-state index contributed by atoms with van der Waals surface area (Å²) in [6, 6.07) is 0.739. The van der Waals surface area contributed by atoms with Gasteiger partial charge in [-0.3, -0.25) is 0 Å². The van der Waals surface area contributed by atoms with Gasteiger partial charge in [-0.25, -0.2) is 4.98 Å². The maximum atomic E-state index is 4.98. The van der Waals surface area contributed by atoms with E-state index in [1.165, 1.54) is 36.5 Å². The summed E-state index contributed by atoms with van der Waals surface area (Å²) in [6.07, 6.45) is 5.20. The van der Waals surface area contributed by atoms with Crippen LogP contribution in [0.15, 0.2) is 0 Å². The molecule has 1 N–H and O–H groups in total. The zero-order valence-electron chi connectivity index (χ0n) is 12.8. The quantitative estimate of drug-likeness (QED) is 0.905. The van der Waals surface area contributed by atoms with Crippen molar-refractivity contribution in [1.29, 1.82) is 0 Å². The van der Waals surface area contributed by atoms with Crippen LogP contribution < -0.4 is 5.32 Å². The van der Waals surface area contributed by atoms with Crippen LogP contribution in [0.25, 0.3) is 0 Å². The number of imidazole rings is 1. The lowest BCUT2D eigenvalue weighted by Gasteiger charge is -2.22. The normalized spacial score (nSPS) is 26.3. The number of hydrogen-bond acceptors (Lipinski definition) is 2. The molecule has 1 aromatic heterocycles. The Labute approximate surface area is 116 Å². The summed E-state index contributed by atoms with van der Waals surface area (Å²) in [4.78, 5) is 4.98. The van der Waals surface area contributed by atoms with Gasteiger partial charge >= 0.3 is 0 Å². The number of nitrogens with zero attached hydrogens (tertiary/aromatic N) is 2. The van der Waals surface area contributed by atoms with Gasteiger partial charge in [0.15, 0.2) is 0 Å². The first kappa shape index (κ1) is 13.2. The van der Waals surface area contributed by atoms with Crippen LogP contribution in [0, 0.1) is 5.92 Å². The number of aromatic nitrogens is 2. The number of rotatable bonds is 3. The summed E-state index contributed by atoms with van der Waals surface area (Å²) in [5, 5.41) is 3.45. The smallest absolute Gasteiger partial charge is 0.114 e. The van der Waals surface area contributed by atoms with Crippen molar-refractivity contribution in [3.63, 3.8) is 0 Å². The van der Waals surface area contributed by atoms with Crippen LogP contribution in [0.4, 0.5) is 0 Å². The van der Waals surface area contributed by atoms with E-state index in [1.54, 1.807) is 0 Å². The van der Waals surface area contributed by atoms with Crippen molar-refractivity contribution in [2.75, 3.05) is 6.54 Å². The molecule has 1 aliphatic carbocycles. The van der Waals surface area contributed by atoms with E-state index in [2.05, 4.69) is 37.6 Å². The van der Waals surface area contributed by atoms with E-state index in [4.69, 9.17) is 4.98 Å². The predicted octanol–water partition coefficient (Wildman–Crippen LogP) is 3.19. The fourth-order valence-electron chi connectivity index (χ4n) is 3.45. The van der Waals surface area contributed by atoms with Crippen LogP contribution in [0.3, 0.4) is 0 Å². The van der Waals surface area contributed by atoms with Gasteiger partial charge < -0.3 is 9.88 Å². The van der Waals surface area contributed by atoms with Crippen LogP contribution in [0.2, 0.25) is 0 Å². The Bertz CT molecular complexity index is 467.